The topological polar surface area (TPSA) is 55.6 Å². The maximum absolute atomic E-state index is 13.4. The Morgan fingerprint density at radius 1 is 1.19 bits per heavy atom. The maximum atomic E-state index is 13.4. The van der Waals surface area contributed by atoms with E-state index in [4.69, 9.17) is 10.5 Å². The van der Waals surface area contributed by atoms with Gasteiger partial charge < -0.3 is 15.4 Å². The molecule has 0 bridgehead atoms. The van der Waals surface area contributed by atoms with E-state index in [-0.39, 0.29) is 17.8 Å². The molecule has 0 aliphatic carbocycles. The van der Waals surface area contributed by atoms with Crippen LogP contribution in [0.15, 0.2) is 48.5 Å². The van der Waals surface area contributed by atoms with Crippen molar-refractivity contribution < 1.29 is 13.9 Å². The largest absolute Gasteiger partial charge is 0.497 e. The van der Waals surface area contributed by atoms with Crippen molar-refractivity contribution in [2.75, 3.05) is 12.0 Å². The average molecular weight is 286 g/mol. The molecule has 2 N–H and O–H groups in total. The van der Waals surface area contributed by atoms with E-state index in [1.807, 2.05) is 24.3 Å². The Hall–Kier alpha value is -2.40. The molecule has 0 radical (unpaired) electrons. The lowest BCUT2D eigenvalue weighted by molar-refractivity contribution is -0.126. The van der Waals surface area contributed by atoms with Gasteiger partial charge in [0.1, 0.15) is 17.6 Å². The summed E-state index contributed by atoms with van der Waals surface area (Å²) >= 11 is 0. The standard InChI is InChI=1S/C16H15FN2O2/c1-21-13-7-5-10(6-8-13)15-14(18)16(20)19(15)12-4-2-3-11(17)9-12/h2-9,14-15H,18H2,1H3/t14-,15-/m0/s1. The van der Waals surface area contributed by atoms with Gasteiger partial charge in [0.25, 0.3) is 0 Å². The molecule has 0 saturated carbocycles. The smallest absolute Gasteiger partial charge is 0.247 e. The van der Waals surface area contributed by atoms with Gasteiger partial charge in [-0.2, -0.15) is 0 Å². The highest BCUT2D eigenvalue weighted by molar-refractivity contribution is 6.05. The lowest BCUT2D eigenvalue weighted by Gasteiger charge is -2.45. The van der Waals surface area contributed by atoms with Gasteiger partial charge in [-0.3, -0.25) is 4.79 Å². The summed E-state index contributed by atoms with van der Waals surface area (Å²) in [6, 6.07) is 12.4. The molecule has 2 aromatic carbocycles. The second-order valence-electron chi connectivity index (χ2n) is 4.93. The number of nitrogens with two attached hydrogens (primary N) is 1. The zero-order chi connectivity index (χ0) is 15.0. The molecular formula is C16H15FN2O2. The Morgan fingerprint density at radius 3 is 2.52 bits per heavy atom. The first-order valence-corrected chi connectivity index (χ1v) is 6.60. The van der Waals surface area contributed by atoms with Crippen LogP contribution in [0.4, 0.5) is 10.1 Å². The van der Waals surface area contributed by atoms with E-state index < -0.39 is 6.04 Å². The zero-order valence-electron chi connectivity index (χ0n) is 11.5. The van der Waals surface area contributed by atoms with Gasteiger partial charge >= 0.3 is 0 Å². The van der Waals surface area contributed by atoms with E-state index in [9.17, 15) is 9.18 Å². The molecular weight excluding hydrogens is 271 g/mol. The number of halogens is 1. The van der Waals surface area contributed by atoms with E-state index in [1.54, 1.807) is 19.2 Å². The number of ether oxygens (including phenoxy) is 1. The van der Waals surface area contributed by atoms with Gasteiger partial charge in [-0.15, -0.1) is 0 Å². The number of methoxy groups -OCH3 is 1. The number of β-lactam (4-membered cyclic amide) rings is 1. The summed E-state index contributed by atoms with van der Waals surface area (Å²) in [5.41, 5.74) is 7.33. The lowest BCUT2D eigenvalue weighted by atomic mass is 9.88. The minimum absolute atomic E-state index is 0.207. The summed E-state index contributed by atoms with van der Waals surface area (Å²) < 4.78 is 18.5. The fraction of sp³-hybridized carbons (Fsp3) is 0.188. The number of rotatable bonds is 3. The third-order valence-electron chi connectivity index (χ3n) is 3.68. The molecule has 1 aliphatic heterocycles. The van der Waals surface area contributed by atoms with Crippen LogP contribution >= 0.6 is 0 Å². The van der Waals surface area contributed by atoms with Crippen LogP contribution in [0.3, 0.4) is 0 Å². The molecule has 1 amide bonds. The zero-order valence-corrected chi connectivity index (χ0v) is 11.5. The molecule has 0 aromatic heterocycles. The first kappa shape index (κ1) is 13.6. The van der Waals surface area contributed by atoms with E-state index in [1.165, 1.54) is 17.0 Å². The molecule has 108 valence electrons. The summed E-state index contributed by atoms with van der Waals surface area (Å²) in [4.78, 5) is 13.6. The van der Waals surface area contributed by atoms with Crippen LogP contribution in [0, 0.1) is 5.82 Å². The molecule has 2 aromatic rings. The van der Waals surface area contributed by atoms with Crippen molar-refractivity contribution in [3.63, 3.8) is 0 Å². The highest BCUT2D eigenvalue weighted by Gasteiger charge is 2.46. The molecule has 0 unspecified atom stereocenters. The predicted molar refractivity (Wildman–Crippen MR) is 77.6 cm³/mol. The molecule has 4 nitrogen and oxygen atoms in total. The second-order valence-corrected chi connectivity index (χ2v) is 4.93. The van der Waals surface area contributed by atoms with Gasteiger partial charge in [-0.25, -0.2) is 4.39 Å². The minimum Gasteiger partial charge on any atom is -0.497 e. The maximum Gasteiger partial charge on any atom is 0.247 e. The van der Waals surface area contributed by atoms with Gasteiger partial charge in [-0.1, -0.05) is 18.2 Å². The van der Waals surface area contributed by atoms with Crippen molar-refractivity contribution in [3.8, 4) is 5.75 Å². The molecule has 5 heteroatoms. The highest BCUT2D eigenvalue weighted by atomic mass is 19.1. The van der Waals surface area contributed by atoms with Crippen molar-refractivity contribution in [1.29, 1.82) is 0 Å². The molecule has 1 fully saturated rings. The SMILES string of the molecule is COc1ccc([C@H]2[C@H](N)C(=O)N2c2cccc(F)c2)cc1. The van der Waals surface area contributed by atoms with E-state index in [0.29, 0.717) is 5.69 Å². The van der Waals surface area contributed by atoms with Crippen LogP contribution in [-0.2, 0) is 4.79 Å². The molecule has 1 heterocycles. The van der Waals surface area contributed by atoms with Crippen LogP contribution in [-0.4, -0.2) is 19.1 Å². The van der Waals surface area contributed by atoms with Crippen molar-refractivity contribution in [2.24, 2.45) is 5.73 Å². The molecule has 1 aliphatic rings. The third-order valence-corrected chi connectivity index (χ3v) is 3.68. The molecule has 3 rings (SSSR count). The number of carbonyl (C=O) groups excluding carboxylic acids is 1. The van der Waals surface area contributed by atoms with Crippen molar-refractivity contribution in [3.05, 3.63) is 59.9 Å². The van der Waals surface area contributed by atoms with Crippen LogP contribution in [0.25, 0.3) is 0 Å². The molecule has 21 heavy (non-hydrogen) atoms. The molecule has 2 atom stereocenters. The Morgan fingerprint density at radius 2 is 1.90 bits per heavy atom. The summed E-state index contributed by atoms with van der Waals surface area (Å²) in [6.45, 7) is 0. The van der Waals surface area contributed by atoms with Gasteiger partial charge in [-0.05, 0) is 35.9 Å². The number of hydrogen-bond acceptors (Lipinski definition) is 3. The fourth-order valence-electron chi connectivity index (χ4n) is 2.58. The number of carbonyl (C=O) groups is 1. The van der Waals surface area contributed by atoms with E-state index in [2.05, 4.69) is 0 Å². The van der Waals surface area contributed by atoms with Gasteiger partial charge in [0.15, 0.2) is 0 Å². The Kier molecular flexibility index (Phi) is 3.35. The number of anilines is 1. The Balaban J connectivity index is 1.94. The van der Waals surface area contributed by atoms with E-state index >= 15 is 0 Å². The van der Waals surface area contributed by atoms with Crippen LogP contribution in [0.2, 0.25) is 0 Å². The van der Waals surface area contributed by atoms with Gasteiger partial charge in [0.05, 0.1) is 13.2 Å². The van der Waals surface area contributed by atoms with Crippen molar-refractivity contribution in [2.45, 2.75) is 12.1 Å². The summed E-state index contributed by atoms with van der Waals surface area (Å²) in [6.07, 6.45) is 0. The van der Waals surface area contributed by atoms with Gasteiger partial charge in [0.2, 0.25) is 5.91 Å². The summed E-state index contributed by atoms with van der Waals surface area (Å²) in [5, 5.41) is 0. The first-order valence-electron chi connectivity index (χ1n) is 6.60. The number of benzene rings is 2. The molecule has 1 saturated heterocycles. The monoisotopic (exact) mass is 286 g/mol. The quantitative estimate of drug-likeness (QED) is 0.880. The number of nitrogens with zero attached hydrogens (tertiary/aromatic N) is 1. The normalized spacial score (nSPS) is 21.1. The summed E-state index contributed by atoms with van der Waals surface area (Å²) in [7, 11) is 1.59. The van der Waals surface area contributed by atoms with Gasteiger partial charge in [0, 0.05) is 5.69 Å². The summed E-state index contributed by atoms with van der Waals surface area (Å²) in [5.74, 6) is 0.144. The average Bonchev–Trinajstić information content (AvgIpc) is 2.51. The highest BCUT2D eigenvalue weighted by Crippen LogP contribution is 2.38. The predicted octanol–water partition coefficient (Wildman–Crippen LogP) is 2.25. The third kappa shape index (κ3) is 2.25. The second kappa shape index (κ2) is 5.18. The molecule has 0 spiro atoms. The van der Waals surface area contributed by atoms with Crippen LogP contribution < -0.4 is 15.4 Å². The fourth-order valence-corrected chi connectivity index (χ4v) is 2.58. The van der Waals surface area contributed by atoms with E-state index in [0.717, 1.165) is 11.3 Å². The van der Waals surface area contributed by atoms with Crippen LogP contribution in [0.5, 0.6) is 5.75 Å². The first-order chi connectivity index (χ1) is 10.1. The minimum atomic E-state index is -0.610. The number of hydrogen-bond donors (Lipinski definition) is 1. The van der Waals surface area contributed by atoms with Crippen LogP contribution in [0.1, 0.15) is 11.6 Å². The van der Waals surface area contributed by atoms with Crippen molar-refractivity contribution >= 4 is 11.6 Å². The van der Waals surface area contributed by atoms with Crippen molar-refractivity contribution in [1.82, 2.24) is 0 Å². The Bertz CT molecular complexity index is 672. The Labute approximate surface area is 121 Å². The lowest BCUT2D eigenvalue weighted by Crippen LogP contribution is -2.63. The number of amides is 1.